The van der Waals surface area contributed by atoms with E-state index in [0.29, 0.717) is 23.7 Å². The number of nitrogens with one attached hydrogen (secondary N) is 2. The molecule has 5 heteroatoms. The quantitative estimate of drug-likeness (QED) is 0.576. The fourth-order valence-corrected chi connectivity index (χ4v) is 4.89. The zero-order chi connectivity index (χ0) is 21.8. The molecule has 3 aromatic rings. The van der Waals surface area contributed by atoms with Gasteiger partial charge in [-0.15, -0.1) is 0 Å². The molecule has 3 nitrogen and oxygen atoms in total. The molecule has 0 aliphatic carbocycles. The van der Waals surface area contributed by atoms with Gasteiger partial charge in [0, 0.05) is 5.56 Å². The van der Waals surface area contributed by atoms with Crippen LogP contribution in [0.2, 0.25) is 5.02 Å². The summed E-state index contributed by atoms with van der Waals surface area (Å²) < 4.78 is 20.2. The lowest BCUT2D eigenvalue weighted by molar-refractivity contribution is -1.09. The van der Waals surface area contributed by atoms with Crippen molar-refractivity contribution in [2.45, 2.75) is 33.1 Å². The van der Waals surface area contributed by atoms with Crippen LogP contribution in [0.15, 0.2) is 66.7 Å². The Morgan fingerprint density at radius 1 is 0.935 bits per heavy atom. The third-order valence-electron chi connectivity index (χ3n) is 6.25. The Kier molecular flexibility index (Phi) is 6.91. The van der Waals surface area contributed by atoms with Crippen LogP contribution in [-0.2, 0) is 13.1 Å². The van der Waals surface area contributed by atoms with Crippen molar-refractivity contribution in [3.05, 3.63) is 99.8 Å². The summed E-state index contributed by atoms with van der Waals surface area (Å²) in [5, 5.41) is 0.505. The smallest absolute Gasteiger partial charge is 0.241 e. The highest BCUT2D eigenvalue weighted by Crippen LogP contribution is 2.20. The minimum Gasteiger partial charge on any atom is -0.494 e. The third kappa shape index (κ3) is 4.93. The van der Waals surface area contributed by atoms with E-state index in [4.69, 9.17) is 16.3 Å². The van der Waals surface area contributed by atoms with Crippen LogP contribution in [0.1, 0.15) is 35.3 Å². The van der Waals surface area contributed by atoms with Crippen LogP contribution >= 0.6 is 11.6 Å². The summed E-state index contributed by atoms with van der Waals surface area (Å²) in [4.78, 5) is 2.82. The lowest BCUT2D eigenvalue weighted by Crippen LogP contribution is -3.22. The number of rotatable bonds is 7. The fourth-order valence-electron chi connectivity index (χ4n) is 4.66. The summed E-state index contributed by atoms with van der Waals surface area (Å²) in [7, 11) is 0. The van der Waals surface area contributed by atoms with Crippen molar-refractivity contribution in [1.82, 2.24) is 0 Å². The van der Waals surface area contributed by atoms with Gasteiger partial charge in [0.05, 0.1) is 22.8 Å². The van der Waals surface area contributed by atoms with Crippen molar-refractivity contribution >= 4 is 11.6 Å². The first-order valence-electron chi connectivity index (χ1n) is 11.0. The number of hydrogen-bond donors (Lipinski definition) is 2. The average Bonchev–Trinajstić information content (AvgIpc) is 3.15. The summed E-state index contributed by atoms with van der Waals surface area (Å²) in [6.45, 7) is 8.30. The molecule has 0 amide bonds. The van der Waals surface area contributed by atoms with Gasteiger partial charge < -0.3 is 4.74 Å². The standard InChI is InChI=1S/C26H28ClFN2O/c1-3-31-22-13-11-20(12-14-22)26-29(17-21-8-5-4-7-19(21)2)15-16-30(26)18-23-24(27)9-6-10-25(23)28/h4-14,26H,3,15-18H2,1-2H3/p+2. The largest absolute Gasteiger partial charge is 0.494 e. The molecule has 0 spiro atoms. The summed E-state index contributed by atoms with van der Waals surface area (Å²) >= 11 is 6.37. The number of benzene rings is 3. The molecule has 0 radical (unpaired) electrons. The lowest BCUT2D eigenvalue weighted by atomic mass is 10.1. The molecule has 1 fully saturated rings. The number of hydrogen-bond acceptors (Lipinski definition) is 1. The van der Waals surface area contributed by atoms with E-state index in [1.54, 1.807) is 12.1 Å². The lowest BCUT2D eigenvalue weighted by Gasteiger charge is -2.25. The Hall–Kier alpha value is -2.40. The Bertz CT molecular complexity index is 1000. The molecule has 1 heterocycles. The molecular formula is C26H30ClFN2O+2. The second-order valence-electron chi connectivity index (χ2n) is 8.23. The topological polar surface area (TPSA) is 18.1 Å². The van der Waals surface area contributed by atoms with Gasteiger partial charge in [0.2, 0.25) is 6.17 Å². The molecule has 0 bridgehead atoms. The number of halogens is 2. The van der Waals surface area contributed by atoms with Crippen LogP contribution in [0.3, 0.4) is 0 Å². The van der Waals surface area contributed by atoms with E-state index < -0.39 is 0 Å². The second kappa shape index (κ2) is 9.82. The van der Waals surface area contributed by atoms with Gasteiger partial charge in [0.1, 0.15) is 37.7 Å². The Balaban J connectivity index is 1.64. The first kappa shape index (κ1) is 21.8. The van der Waals surface area contributed by atoms with Gasteiger partial charge in [-0.1, -0.05) is 41.9 Å². The normalized spacial score (nSPS) is 20.7. The zero-order valence-electron chi connectivity index (χ0n) is 18.1. The van der Waals surface area contributed by atoms with Crippen molar-refractivity contribution in [2.24, 2.45) is 0 Å². The molecule has 0 saturated carbocycles. The van der Waals surface area contributed by atoms with Gasteiger partial charge >= 0.3 is 0 Å². The molecule has 1 saturated heterocycles. The zero-order valence-corrected chi connectivity index (χ0v) is 18.9. The Morgan fingerprint density at radius 3 is 2.32 bits per heavy atom. The number of aryl methyl sites for hydroxylation is 1. The van der Waals surface area contributed by atoms with Gasteiger partial charge in [-0.2, -0.15) is 0 Å². The maximum atomic E-state index is 14.5. The number of ether oxygens (including phenoxy) is 1. The van der Waals surface area contributed by atoms with E-state index >= 15 is 0 Å². The summed E-state index contributed by atoms with van der Waals surface area (Å²) in [6, 6.07) is 21.9. The van der Waals surface area contributed by atoms with Crippen molar-refractivity contribution in [3.63, 3.8) is 0 Å². The first-order valence-corrected chi connectivity index (χ1v) is 11.3. The monoisotopic (exact) mass is 440 g/mol. The van der Waals surface area contributed by atoms with Gasteiger partial charge in [-0.3, -0.25) is 9.80 Å². The predicted octanol–water partition coefficient (Wildman–Crippen LogP) is 3.37. The van der Waals surface area contributed by atoms with Gasteiger partial charge in [-0.05, 0) is 55.8 Å². The van der Waals surface area contributed by atoms with Gasteiger partial charge in [0.25, 0.3) is 0 Å². The average molecular weight is 441 g/mol. The third-order valence-corrected chi connectivity index (χ3v) is 6.61. The Morgan fingerprint density at radius 2 is 1.65 bits per heavy atom. The molecule has 2 N–H and O–H groups in total. The maximum absolute atomic E-state index is 14.5. The molecule has 3 atom stereocenters. The van der Waals surface area contributed by atoms with Crippen molar-refractivity contribution in [3.8, 4) is 5.75 Å². The van der Waals surface area contributed by atoms with Crippen molar-refractivity contribution < 1.29 is 18.9 Å². The molecule has 3 unspecified atom stereocenters. The Labute approximate surface area is 189 Å². The fraction of sp³-hybridized carbons (Fsp3) is 0.308. The minimum atomic E-state index is -0.224. The highest BCUT2D eigenvalue weighted by atomic mass is 35.5. The molecule has 4 rings (SSSR count). The SMILES string of the molecule is CCOc1ccc(C2[NH+](Cc3ccccc3C)CC[NH+]2Cc2c(F)cccc2Cl)cc1. The van der Waals surface area contributed by atoms with Crippen molar-refractivity contribution in [2.75, 3.05) is 19.7 Å². The van der Waals surface area contributed by atoms with Crippen LogP contribution in [0, 0.1) is 12.7 Å². The van der Waals surface area contributed by atoms with Crippen LogP contribution in [0.4, 0.5) is 4.39 Å². The molecule has 1 aliphatic rings. The molecule has 3 aromatic carbocycles. The van der Waals surface area contributed by atoms with Crippen LogP contribution < -0.4 is 14.5 Å². The van der Waals surface area contributed by atoms with Crippen molar-refractivity contribution in [1.29, 1.82) is 0 Å². The van der Waals surface area contributed by atoms with E-state index in [2.05, 4.69) is 43.3 Å². The van der Waals surface area contributed by atoms with E-state index in [9.17, 15) is 4.39 Å². The molecular weight excluding hydrogens is 411 g/mol. The highest BCUT2D eigenvalue weighted by Gasteiger charge is 2.41. The highest BCUT2D eigenvalue weighted by molar-refractivity contribution is 6.31. The summed E-state index contributed by atoms with van der Waals surface area (Å²) in [6.07, 6.45) is 0.200. The van der Waals surface area contributed by atoms with Crippen LogP contribution in [0.25, 0.3) is 0 Å². The molecule has 31 heavy (non-hydrogen) atoms. The van der Waals surface area contributed by atoms with Crippen LogP contribution in [-0.4, -0.2) is 19.7 Å². The minimum absolute atomic E-state index is 0.200. The van der Waals surface area contributed by atoms with E-state index in [0.717, 1.165) is 25.4 Å². The maximum Gasteiger partial charge on any atom is 0.241 e. The molecule has 162 valence electrons. The van der Waals surface area contributed by atoms with Gasteiger partial charge in [0.15, 0.2) is 0 Å². The van der Waals surface area contributed by atoms with Crippen LogP contribution in [0.5, 0.6) is 5.75 Å². The van der Waals surface area contributed by atoms with E-state index in [1.165, 1.54) is 32.6 Å². The molecule has 0 aromatic heterocycles. The second-order valence-corrected chi connectivity index (χ2v) is 8.64. The molecule has 1 aliphatic heterocycles. The van der Waals surface area contributed by atoms with Gasteiger partial charge in [-0.25, -0.2) is 4.39 Å². The number of quaternary nitrogens is 2. The van der Waals surface area contributed by atoms with E-state index in [1.807, 2.05) is 19.1 Å². The summed E-state index contributed by atoms with van der Waals surface area (Å²) in [5.74, 6) is 0.654. The van der Waals surface area contributed by atoms with E-state index in [-0.39, 0.29) is 12.0 Å². The first-order chi connectivity index (χ1) is 15.1. The predicted molar refractivity (Wildman–Crippen MR) is 122 cm³/mol. The summed E-state index contributed by atoms with van der Waals surface area (Å²) in [5.41, 5.74) is 4.52.